The number of nitrogens with one attached hydrogen (secondary N) is 2. The summed E-state index contributed by atoms with van der Waals surface area (Å²) in [5, 5.41) is 7.90. The van der Waals surface area contributed by atoms with E-state index >= 15 is 0 Å². The molecule has 2 heterocycles. The summed E-state index contributed by atoms with van der Waals surface area (Å²) in [5.41, 5.74) is 1.61. The number of benzene rings is 1. The maximum absolute atomic E-state index is 12.2. The predicted octanol–water partition coefficient (Wildman–Crippen LogP) is 3.96. The summed E-state index contributed by atoms with van der Waals surface area (Å²) >= 11 is 3.23. The predicted molar refractivity (Wildman–Crippen MR) is 120 cm³/mol. The molecule has 1 amide bonds. The van der Waals surface area contributed by atoms with Gasteiger partial charge in [-0.2, -0.15) is 0 Å². The Bertz CT molecular complexity index is 1000. The van der Waals surface area contributed by atoms with Crippen molar-refractivity contribution in [1.82, 2.24) is 19.9 Å². The Hall–Kier alpha value is -2.39. The summed E-state index contributed by atoms with van der Waals surface area (Å²) in [4.78, 5) is 28.3. The summed E-state index contributed by atoms with van der Waals surface area (Å²) in [6, 6.07) is 6.40. The normalized spacial score (nSPS) is 18.7. The lowest BCUT2D eigenvalue weighted by Gasteiger charge is -2.14. The topological polar surface area (TPSA) is 83.0 Å². The minimum atomic E-state index is 0.00676. The standard InChI is InChI=1S/C20H24N6OS2/c1-26(2)18(27)12-4-7-16-17(8-12)29-20(25-16)24-14-6-5-13(9-14)23-19-21-10-15(28-3)11-22-19/h4,7-8,10-11,13-14H,5-6,9H2,1-3H3,(H,24,25)(H,21,22,23)/t13?,14-/m0/s1. The minimum absolute atomic E-state index is 0.00676. The SMILES string of the molecule is CSc1cnc(NC2CC[C@H](Nc3nc4ccc(C(=O)N(C)C)cc4s3)C2)nc1. The maximum Gasteiger partial charge on any atom is 0.253 e. The van der Waals surface area contributed by atoms with Crippen LogP contribution < -0.4 is 10.6 Å². The molecule has 1 unspecified atom stereocenters. The van der Waals surface area contributed by atoms with Gasteiger partial charge in [0.05, 0.1) is 10.2 Å². The van der Waals surface area contributed by atoms with E-state index in [1.54, 1.807) is 42.1 Å². The number of anilines is 2. The molecule has 2 aromatic heterocycles. The molecule has 4 rings (SSSR count). The van der Waals surface area contributed by atoms with Gasteiger partial charge in [-0.05, 0) is 43.7 Å². The van der Waals surface area contributed by atoms with Crippen molar-refractivity contribution in [1.29, 1.82) is 0 Å². The van der Waals surface area contributed by atoms with Gasteiger partial charge in [-0.1, -0.05) is 11.3 Å². The van der Waals surface area contributed by atoms with Crippen molar-refractivity contribution in [2.75, 3.05) is 31.0 Å². The second-order valence-corrected chi connectivity index (χ2v) is 9.25. The van der Waals surface area contributed by atoms with E-state index in [1.807, 2.05) is 36.8 Å². The van der Waals surface area contributed by atoms with Crippen LogP contribution in [0.1, 0.15) is 29.6 Å². The summed E-state index contributed by atoms with van der Waals surface area (Å²) < 4.78 is 1.02. The average Bonchev–Trinajstić information content (AvgIpc) is 3.33. The summed E-state index contributed by atoms with van der Waals surface area (Å²) in [6.45, 7) is 0. The van der Waals surface area contributed by atoms with E-state index in [0.717, 1.165) is 39.5 Å². The van der Waals surface area contributed by atoms with Gasteiger partial charge in [0.25, 0.3) is 5.91 Å². The first kappa shape index (κ1) is 19.9. The van der Waals surface area contributed by atoms with E-state index in [4.69, 9.17) is 0 Å². The third-order valence-corrected chi connectivity index (χ3v) is 6.63. The molecule has 9 heteroatoms. The van der Waals surface area contributed by atoms with E-state index in [1.165, 1.54) is 0 Å². The Balaban J connectivity index is 1.38. The van der Waals surface area contributed by atoms with Gasteiger partial charge in [-0.15, -0.1) is 11.8 Å². The maximum atomic E-state index is 12.2. The van der Waals surface area contributed by atoms with Crippen LogP contribution in [0, 0.1) is 0 Å². The highest BCUT2D eigenvalue weighted by Crippen LogP contribution is 2.31. The number of hydrogen-bond donors (Lipinski definition) is 2. The molecule has 1 saturated carbocycles. The lowest BCUT2D eigenvalue weighted by molar-refractivity contribution is 0.0828. The van der Waals surface area contributed by atoms with Crippen LogP contribution in [0.5, 0.6) is 0 Å². The first-order valence-corrected chi connectivity index (χ1v) is 11.6. The van der Waals surface area contributed by atoms with Crippen molar-refractivity contribution in [2.24, 2.45) is 0 Å². The molecule has 7 nitrogen and oxygen atoms in total. The van der Waals surface area contributed by atoms with E-state index in [9.17, 15) is 4.79 Å². The third kappa shape index (κ3) is 4.62. The van der Waals surface area contributed by atoms with Crippen molar-refractivity contribution in [3.63, 3.8) is 0 Å². The number of thiazole rings is 1. The number of rotatable bonds is 6. The van der Waals surface area contributed by atoms with Gasteiger partial charge in [-0.3, -0.25) is 4.79 Å². The van der Waals surface area contributed by atoms with Crippen molar-refractivity contribution in [3.8, 4) is 0 Å². The van der Waals surface area contributed by atoms with Crippen molar-refractivity contribution in [3.05, 3.63) is 36.2 Å². The fraction of sp³-hybridized carbons (Fsp3) is 0.400. The van der Waals surface area contributed by atoms with E-state index in [2.05, 4.69) is 25.6 Å². The van der Waals surface area contributed by atoms with Crippen LogP contribution >= 0.6 is 23.1 Å². The van der Waals surface area contributed by atoms with Crippen LogP contribution in [0.2, 0.25) is 0 Å². The first-order chi connectivity index (χ1) is 14.0. The van der Waals surface area contributed by atoms with E-state index in [-0.39, 0.29) is 5.91 Å². The highest BCUT2D eigenvalue weighted by Gasteiger charge is 2.26. The first-order valence-electron chi connectivity index (χ1n) is 9.53. The van der Waals surface area contributed by atoms with Crippen LogP contribution in [0.4, 0.5) is 11.1 Å². The fourth-order valence-electron chi connectivity index (χ4n) is 3.47. The largest absolute Gasteiger partial charge is 0.359 e. The summed E-state index contributed by atoms with van der Waals surface area (Å²) in [6.07, 6.45) is 8.84. The van der Waals surface area contributed by atoms with Gasteiger partial charge < -0.3 is 15.5 Å². The van der Waals surface area contributed by atoms with E-state index in [0.29, 0.717) is 23.6 Å². The molecule has 1 aliphatic carbocycles. The third-order valence-electron chi connectivity index (χ3n) is 5.00. The number of nitrogens with zero attached hydrogens (tertiary/aromatic N) is 4. The highest BCUT2D eigenvalue weighted by molar-refractivity contribution is 7.98. The smallest absolute Gasteiger partial charge is 0.253 e. The number of carbonyl (C=O) groups excluding carboxylic acids is 1. The van der Waals surface area contributed by atoms with Gasteiger partial charge in [0.15, 0.2) is 5.13 Å². The fourth-order valence-corrected chi connectivity index (χ4v) is 4.77. The monoisotopic (exact) mass is 428 g/mol. The van der Waals surface area contributed by atoms with Crippen LogP contribution in [0.15, 0.2) is 35.5 Å². The number of hydrogen-bond acceptors (Lipinski definition) is 8. The quantitative estimate of drug-likeness (QED) is 0.575. The van der Waals surface area contributed by atoms with Gasteiger partial charge in [0, 0.05) is 49.0 Å². The molecular formula is C20H24N6OS2. The van der Waals surface area contributed by atoms with Crippen LogP contribution in [-0.4, -0.2) is 58.2 Å². The molecule has 0 aliphatic heterocycles. The zero-order valence-corrected chi connectivity index (χ0v) is 18.3. The average molecular weight is 429 g/mol. The second-order valence-electron chi connectivity index (χ2n) is 7.34. The summed E-state index contributed by atoms with van der Waals surface area (Å²) in [7, 11) is 3.53. The van der Waals surface area contributed by atoms with Crippen LogP contribution in [0.3, 0.4) is 0 Å². The number of aromatic nitrogens is 3. The van der Waals surface area contributed by atoms with Crippen molar-refractivity contribution < 1.29 is 4.79 Å². The molecule has 3 aromatic rings. The number of amides is 1. The van der Waals surface area contributed by atoms with Gasteiger partial charge in [0.2, 0.25) is 5.95 Å². The molecule has 0 saturated heterocycles. The lowest BCUT2D eigenvalue weighted by atomic mass is 10.2. The molecule has 2 atom stereocenters. The van der Waals surface area contributed by atoms with Crippen molar-refractivity contribution >= 4 is 50.3 Å². The number of fused-ring (bicyclic) bond motifs is 1. The Kier molecular flexibility index (Phi) is 5.86. The number of carbonyl (C=O) groups is 1. The molecule has 2 N–H and O–H groups in total. The molecule has 29 heavy (non-hydrogen) atoms. The Morgan fingerprint density at radius 1 is 1.17 bits per heavy atom. The molecule has 1 aromatic carbocycles. The molecule has 0 bridgehead atoms. The Morgan fingerprint density at radius 3 is 2.59 bits per heavy atom. The Morgan fingerprint density at radius 2 is 1.90 bits per heavy atom. The lowest BCUT2D eigenvalue weighted by Crippen LogP contribution is -2.21. The number of thioether (sulfide) groups is 1. The molecule has 1 fully saturated rings. The van der Waals surface area contributed by atoms with Crippen LogP contribution in [0.25, 0.3) is 10.2 Å². The van der Waals surface area contributed by atoms with Gasteiger partial charge >= 0.3 is 0 Å². The minimum Gasteiger partial charge on any atom is -0.359 e. The van der Waals surface area contributed by atoms with Gasteiger partial charge in [0.1, 0.15) is 0 Å². The van der Waals surface area contributed by atoms with Gasteiger partial charge in [-0.25, -0.2) is 15.0 Å². The Labute approximate surface area is 178 Å². The zero-order chi connectivity index (χ0) is 20.4. The molecule has 0 spiro atoms. The molecule has 0 radical (unpaired) electrons. The van der Waals surface area contributed by atoms with Crippen LogP contribution in [-0.2, 0) is 0 Å². The second kappa shape index (κ2) is 8.54. The summed E-state index contributed by atoms with van der Waals surface area (Å²) in [5.74, 6) is 0.693. The molecule has 1 aliphatic rings. The van der Waals surface area contributed by atoms with E-state index < -0.39 is 0 Å². The molecule has 152 valence electrons. The zero-order valence-electron chi connectivity index (χ0n) is 16.7. The molecular weight excluding hydrogens is 404 g/mol. The highest BCUT2D eigenvalue weighted by atomic mass is 32.2. The van der Waals surface area contributed by atoms with Crippen molar-refractivity contribution in [2.45, 2.75) is 36.2 Å².